The van der Waals surface area contributed by atoms with E-state index in [1.54, 1.807) is 30.5 Å². The number of rotatable bonds is 20. The first kappa shape index (κ1) is 63.0. The Kier molecular flexibility index (Phi) is 21.5. The lowest BCUT2D eigenvalue weighted by atomic mass is 9.76. The van der Waals surface area contributed by atoms with Gasteiger partial charge in [-0.25, -0.2) is 23.2 Å². The fourth-order valence-corrected chi connectivity index (χ4v) is 8.48. The van der Waals surface area contributed by atoms with E-state index in [1.165, 1.54) is 6.07 Å². The predicted molar refractivity (Wildman–Crippen MR) is 267 cm³/mol. The van der Waals surface area contributed by atoms with Gasteiger partial charge < -0.3 is 40.6 Å². The van der Waals surface area contributed by atoms with Crippen molar-refractivity contribution in [1.82, 2.24) is 30.3 Å². The molecule has 0 radical (unpaired) electrons. The third kappa shape index (κ3) is 16.6. The van der Waals surface area contributed by atoms with Crippen LogP contribution in [0.1, 0.15) is 69.3 Å². The fourth-order valence-electron chi connectivity index (χ4n) is 8.48. The Morgan fingerprint density at radius 1 is 0.835 bits per heavy atom. The van der Waals surface area contributed by atoms with Gasteiger partial charge in [-0.05, 0) is 74.2 Å². The number of halogens is 10. The third-order valence-corrected chi connectivity index (χ3v) is 14.0. The van der Waals surface area contributed by atoms with Crippen molar-refractivity contribution in [2.24, 2.45) is 28.4 Å². The van der Waals surface area contributed by atoms with Crippen molar-refractivity contribution in [3.05, 3.63) is 101 Å². The van der Waals surface area contributed by atoms with E-state index in [2.05, 4.69) is 46.5 Å². The average molecular weight is 1130 g/mol. The van der Waals surface area contributed by atoms with E-state index in [-0.39, 0.29) is 24.2 Å². The number of nitrogens with two attached hydrogens (primary N) is 1. The molecule has 5 N–H and O–H groups in total. The highest BCUT2D eigenvalue weighted by atomic mass is 19.4. The Hall–Kier alpha value is -6.82. The number of pyridine rings is 1. The van der Waals surface area contributed by atoms with Crippen LogP contribution in [0.15, 0.2) is 67.0 Å². The smallest absolute Gasteiger partial charge is 0.407 e. The topological polar surface area (TPSA) is 203 Å². The van der Waals surface area contributed by atoms with Crippen molar-refractivity contribution in [3.63, 3.8) is 0 Å². The van der Waals surface area contributed by atoms with Gasteiger partial charge in [0.2, 0.25) is 5.91 Å². The van der Waals surface area contributed by atoms with Gasteiger partial charge in [-0.2, -0.15) is 40.2 Å². The van der Waals surface area contributed by atoms with Gasteiger partial charge in [0.15, 0.2) is 5.78 Å². The number of Topliss-reactive ketones (excluding diaryl/α,β-unsaturated/α-hetero) is 1. The number of nitrogens with one attached hydrogen (secondary N) is 2. The molecule has 16 nitrogen and oxygen atoms in total. The second-order valence-corrected chi connectivity index (χ2v) is 20.0. The van der Waals surface area contributed by atoms with Crippen molar-refractivity contribution in [2.75, 3.05) is 65.1 Å². The number of hydrogen-bond acceptors (Lipinski definition) is 13. The van der Waals surface area contributed by atoms with Gasteiger partial charge in [-0.3, -0.25) is 19.3 Å². The number of amides is 2. The normalized spacial score (nSPS) is 16.1. The lowest BCUT2D eigenvalue weighted by molar-refractivity contribution is -0.229. The van der Waals surface area contributed by atoms with Crippen molar-refractivity contribution in [2.45, 2.75) is 90.6 Å². The number of methoxy groups -OCH3 is 2. The molecule has 432 valence electrons. The number of esters is 1. The zero-order valence-electron chi connectivity index (χ0n) is 44.0. The number of aliphatic hydroxyl groups excluding tert-OH is 1. The highest BCUT2D eigenvalue weighted by Crippen LogP contribution is 2.45. The number of anilines is 1. The molecule has 0 bridgehead atoms. The van der Waals surface area contributed by atoms with Gasteiger partial charge in [0.1, 0.15) is 23.5 Å². The van der Waals surface area contributed by atoms with E-state index in [0.717, 1.165) is 105 Å². The van der Waals surface area contributed by atoms with E-state index >= 15 is 8.78 Å². The van der Waals surface area contributed by atoms with Crippen LogP contribution in [-0.4, -0.2) is 139 Å². The molecule has 4 aromatic rings. The minimum absolute atomic E-state index is 0.0313. The number of alkyl carbamates (subject to hydrolysis) is 1. The fraction of sp³-hybridized carbons (Fsp3) is 0.509. The van der Waals surface area contributed by atoms with E-state index < -0.39 is 114 Å². The van der Waals surface area contributed by atoms with Crippen LogP contribution >= 0.6 is 0 Å². The number of alkyl halides is 8. The molecule has 2 aliphatic heterocycles. The first-order valence-corrected chi connectivity index (χ1v) is 24.7. The minimum atomic E-state index is -4.94. The molecule has 0 unspecified atom stereocenters. The van der Waals surface area contributed by atoms with E-state index in [1.807, 2.05) is 17.4 Å². The quantitative estimate of drug-likeness (QED) is 0.0389. The molecule has 6 rings (SSSR count). The number of benzene rings is 2. The molecule has 26 heteroatoms. The number of primary amides is 1. The van der Waals surface area contributed by atoms with Gasteiger partial charge in [0.05, 0.1) is 68.4 Å². The Morgan fingerprint density at radius 3 is 1.92 bits per heavy atom. The number of nitrogens with zero attached hydrogens (tertiary/aromatic N) is 5. The van der Waals surface area contributed by atoms with Crippen molar-refractivity contribution >= 4 is 29.6 Å². The predicted octanol–water partition coefficient (Wildman–Crippen LogP) is 7.36. The van der Waals surface area contributed by atoms with Gasteiger partial charge in [-0.15, -0.1) is 0 Å². The van der Waals surface area contributed by atoms with Crippen LogP contribution in [0.3, 0.4) is 0 Å². The molecule has 0 spiro atoms. The first-order chi connectivity index (χ1) is 37.0. The van der Waals surface area contributed by atoms with Crippen molar-refractivity contribution < 1.29 is 82.4 Å². The summed E-state index contributed by atoms with van der Waals surface area (Å²) in [7, 11) is 1.97. The standard InChI is InChI=1S/C44H48F7N7O5.C9H14F3NO3/c1-43(2,44(49,50)51)40(54-42(61)62-3)37(59)21-31(38(60)24-52-23-33-34(45)19-30(20-35(33)46)36-12-13-58(55-36)41(47)48)18-28-7-4-27(5-8-28)6-9-29-10-11-39(53-22-29)57-16-14-56(15-17-57)32-25-63-26-32;1-8(2,9(10,11)12)5(7(13)15)4-6(14)16-3/h4-5,7-8,10-13,19-20,22,31-32,38,40-41,52,60H,14-18,21,23-26H2,1-3H3,(H,54,61);5H,4H2,1-3H3,(H2,13,15)/t31-,38+,40-;5-/m11/s1. The van der Waals surface area contributed by atoms with Crippen LogP contribution in [0.25, 0.3) is 11.3 Å². The van der Waals surface area contributed by atoms with E-state index in [4.69, 9.17) is 10.5 Å². The van der Waals surface area contributed by atoms with Gasteiger partial charge >= 0.3 is 31.0 Å². The molecule has 2 fully saturated rings. The molecule has 2 aromatic heterocycles. The summed E-state index contributed by atoms with van der Waals surface area (Å²) in [5.41, 5.74) is 1.03. The number of carbonyl (C=O) groups is 4. The molecule has 4 heterocycles. The maximum absolute atomic E-state index is 15.1. The molecular weight excluding hydrogens is 1070 g/mol. The number of piperazine rings is 1. The van der Waals surface area contributed by atoms with Crippen molar-refractivity contribution in [1.29, 1.82) is 0 Å². The first-order valence-electron chi connectivity index (χ1n) is 24.7. The lowest BCUT2D eigenvalue weighted by Gasteiger charge is -2.42. The summed E-state index contributed by atoms with van der Waals surface area (Å²) in [5, 5.41) is 19.8. The zero-order valence-corrected chi connectivity index (χ0v) is 44.0. The van der Waals surface area contributed by atoms with Gasteiger partial charge in [0, 0.05) is 80.3 Å². The summed E-state index contributed by atoms with van der Waals surface area (Å²) in [4.78, 5) is 57.0. The van der Waals surface area contributed by atoms with Crippen LogP contribution in [-0.2, 0) is 41.6 Å². The maximum atomic E-state index is 15.1. The highest BCUT2D eigenvalue weighted by Gasteiger charge is 2.56. The SMILES string of the molecule is COC(=O)C[C@H](C(N)=O)C(C)(C)C(F)(F)F.COC(=O)N[C@H](C(=O)C[C@@H](Cc1ccc(C#Cc2ccc(N3CCN(C4COC4)CC3)nc2)cc1)[C@@H](O)CNCc1c(F)cc(-c2ccn(C(F)F)n2)cc1F)C(C)(C)C(F)(F)F. The number of aliphatic hydroxyl groups is 1. The largest absolute Gasteiger partial charge is 0.469 e. The average Bonchev–Trinajstić information content (AvgIpc) is 3.89. The molecule has 2 amide bonds. The second-order valence-electron chi connectivity index (χ2n) is 20.0. The minimum Gasteiger partial charge on any atom is -0.469 e. The van der Waals surface area contributed by atoms with E-state index in [9.17, 15) is 59.4 Å². The molecule has 2 aromatic carbocycles. The monoisotopic (exact) mass is 1130 g/mol. The summed E-state index contributed by atoms with van der Waals surface area (Å²) in [6, 6.07) is 12.0. The van der Waals surface area contributed by atoms with E-state index in [0.29, 0.717) is 27.4 Å². The van der Waals surface area contributed by atoms with Crippen LogP contribution in [0, 0.1) is 46.1 Å². The zero-order chi connectivity index (χ0) is 58.6. The summed E-state index contributed by atoms with van der Waals surface area (Å²) >= 11 is 0. The number of ketones is 1. The second kappa shape index (κ2) is 26.9. The lowest BCUT2D eigenvalue weighted by Crippen LogP contribution is -2.56. The molecule has 79 heavy (non-hydrogen) atoms. The summed E-state index contributed by atoms with van der Waals surface area (Å²) < 4.78 is 151. The molecule has 0 saturated carbocycles. The molecule has 4 atom stereocenters. The third-order valence-electron chi connectivity index (χ3n) is 14.0. The molecular formula is C53H62F10N8O8. The van der Waals surface area contributed by atoms with Gasteiger partial charge in [0.25, 0.3) is 0 Å². The number of carbonyl (C=O) groups excluding carboxylic acids is 4. The van der Waals surface area contributed by atoms with Crippen LogP contribution in [0.4, 0.5) is 54.5 Å². The Morgan fingerprint density at radius 2 is 1.43 bits per heavy atom. The van der Waals surface area contributed by atoms with Crippen LogP contribution in [0.5, 0.6) is 0 Å². The molecule has 0 aliphatic carbocycles. The highest BCUT2D eigenvalue weighted by molar-refractivity contribution is 5.88. The molecule has 2 saturated heterocycles. The Balaban J connectivity index is 0.000000621. The Labute approximate surface area is 449 Å². The summed E-state index contributed by atoms with van der Waals surface area (Å²) in [6.07, 6.45) is -11.0. The number of aromatic nitrogens is 3. The summed E-state index contributed by atoms with van der Waals surface area (Å²) in [6.45, 7) is 4.54. The summed E-state index contributed by atoms with van der Waals surface area (Å²) in [5.74, 6) is -0.849. The van der Waals surface area contributed by atoms with Crippen LogP contribution in [0.2, 0.25) is 0 Å². The van der Waals surface area contributed by atoms with Crippen LogP contribution < -0.4 is 21.3 Å². The van der Waals surface area contributed by atoms with Gasteiger partial charge in [-0.1, -0.05) is 37.8 Å². The van der Waals surface area contributed by atoms with Crippen molar-refractivity contribution in [3.8, 4) is 23.1 Å². The maximum Gasteiger partial charge on any atom is 0.407 e. The molecule has 2 aliphatic rings. The number of hydrogen-bond donors (Lipinski definition) is 4. The number of ether oxygens (including phenoxy) is 3. The Bertz CT molecular complexity index is 2750.